The molecule has 0 aromatic carbocycles. The summed E-state index contributed by atoms with van der Waals surface area (Å²) in [5.41, 5.74) is 1.96. The third-order valence-electron chi connectivity index (χ3n) is 4.67. The van der Waals surface area contributed by atoms with E-state index in [1.165, 1.54) is 0 Å². The lowest BCUT2D eigenvalue weighted by Gasteiger charge is -2.33. The van der Waals surface area contributed by atoms with Crippen molar-refractivity contribution in [2.45, 2.75) is 45.1 Å². The third kappa shape index (κ3) is 5.26. The molecule has 1 aliphatic rings. The molecule has 8 nitrogen and oxygen atoms in total. The van der Waals surface area contributed by atoms with Gasteiger partial charge >= 0.3 is 6.03 Å². The summed E-state index contributed by atoms with van der Waals surface area (Å²) in [6, 6.07) is 5.66. The summed E-state index contributed by atoms with van der Waals surface area (Å²) in [5.74, 6) is 1.12. The number of nitrogens with one attached hydrogen (secondary N) is 1. The van der Waals surface area contributed by atoms with Crippen LogP contribution in [0.3, 0.4) is 0 Å². The van der Waals surface area contributed by atoms with Crippen LogP contribution in [0.15, 0.2) is 22.7 Å². The van der Waals surface area contributed by atoms with Crippen molar-refractivity contribution < 1.29 is 14.1 Å². The van der Waals surface area contributed by atoms with E-state index in [1.54, 1.807) is 12.0 Å². The van der Waals surface area contributed by atoms with Crippen molar-refractivity contribution in [2.75, 3.05) is 26.8 Å². The van der Waals surface area contributed by atoms with Gasteiger partial charge in [-0.15, -0.1) is 0 Å². The van der Waals surface area contributed by atoms with E-state index in [0.717, 1.165) is 30.7 Å². The van der Waals surface area contributed by atoms with Gasteiger partial charge in [0.05, 0.1) is 6.61 Å². The van der Waals surface area contributed by atoms with Crippen LogP contribution < -0.4 is 5.32 Å². The number of aryl methyl sites for hydroxylation is 1. The smallest absolute Gasteiger partial charge is 0.318 e. The minimum atomic E-state index is -0.167. The Hall–Kier alpha value is -2.48. The largest absolute Gasteiger partial charge is 0.384 e. The number of pyridine rings is 1. The first-order valence-corrected chi connectivity index (χ1v) is 9.46. The maximum absolute atomic E-state index is 12.7. The first-order chi connectivity index (χ1) is 13.2. The molecule has 1 fully saturated rings. The number of carbonyl (C=O) groups is 1. The fourth-order valence-electron chi connectivity index (χ4n) is 3.27. The first-order valence-electron chi connectivity index (χ1n) is 9.46. The van der Waals surface area contributed by atoms with Crippen molar-refractivity contribution in [2.24, 2.45) is 0 Å². The molecule has 0 saturated carbocycles. The zero-order chi connectivity index (χ0) is 19.1. The molecule has 27 heavy (non-hydrogen) atoms. The van der Waals surface area contributed by atoms with Crippen LogP contribution in [0, 0.1) is 6.92 Å². The molecule has 8 heteroatoms. The van der Waals surface area contributed by atoms with Crippen LogP contribution in [-0.4, -0.2) is 52.9 Å². The Morgan fingerprint density at radius 3 is 3.04 bits per heavy atom. The van der Waals surface area contributed by atoms with E-state index in [0.29, 0.717) is 44.3 Å². The summed E-state index contributed by atoms with van der Waals surface area (Å²) in [4.78, 5) is 23.4. The van der Waals surface area contributed by atoms with Crippen LogP contribution in [0.2, 0.25) is 0 Å². The van der Waals surface area contributed by atoms with E-state index in [2.05, 4.69) is 20.4 Å². The van der Waals surface area contributed by atoms with Gasteiger partial charge in [0.2, 0.25) is 5.89 Å². The molecule has 3 heterocycles. The molecule has 0 spiro atoms. The molecule has 0 bridgehead atoms. The van der Waals surface area contributed by atoms with E-state index < -0.39 is 0 Å². The number of amides is 2. The summed E-state index contributed by atoms with van der Waals surface area (Å²) in [6.45, 7) is 3.74. The van der Waals surface area contributed by atoms with E-state index in [-0.39, 0.29) is 12.1 Å². The normalized spacial score (nSPS) is 17.1. The minimum Gasteiger partial charge on any atom is -0.384 e. The highest BCUT2D eigenvalue weighted by atomic mass is 16.5. The second kappa shape index (κ2) is 9.45. The number of likely N-dealkylation sites (tertiary alicyclic amines) is 1. The predicted molar refractivity (Wildman–Crippen MR) is 99.3 cm³/mol. The Kier molecular flexibility index (Phi) is 6.75. The number of nitrogens with zero attached hydrogens (tertiary/aromatic N) is 4. The van der Waals surface area contributed by atoms with Crippen molar-refractivity contribution in [3.8, 4) is 0 Å². The molecule has 146 valence electrons. The molecule has 1 aliphatic heterocycles. The van der Waals surface area contributed by atoms with Gasteiger partial charge in [-0.05, 0) is 38.3 Å². The molecule has 2 aromatic heterocycles. The molecule has 1 N–H and O–H groups in total. The highest BCUT2D eigenvalue weighted by molar-refractivity contribution is 5.74. The standard InChI is InChI=1S/C19H27N5O3/c1-14-6-5-7-15(21-14)9-11-20-19(25)24-12-4-3-8-16(24)18-22-17(23-27-18)10-13-26-2/h5-7,16H,3-4,8-13H2,1-2H3,(H,20,25)/t16-/m0/s1. The summed E-state index contributed by atoms with van der Waals surface area (Å²) in [5, 5.41) is 7.00. The molecule has 3 rings (SSSR count). The van der Waals surface area contributed by atoms with Crippen molar-refractivity contribution in [1.82, 2.24) is 25.3 Å². The Morgan fingerprint density at radius 1 is 1.33 bits per heavy atom. The SMILES string of the molecule is COCCc1noc([C@@H]2CCCCN2C(=O)NCCc2cccc(C)n2)n1. The van der Waals surface area contributed by atoms with Crippen LogP contribution in [0.4, 0.5) is 4.79 Å². The maximum Gasteiger partial charge on any atom is 0.318 e. The van der Waals surface area contributed by atoms with E-state index in [9.17, 15) is 4.79 Å². The highest BCUT2D eigenvalue weighted by Crippen LogP contribution is 2.29. The number of carbonyl (C=O) groups excluding carboxylic acids is 1. The molecule has 2 amide bonds. The number of methoxy groups -OCH3 is 1. The van der Waals surface area contributed by atoms with Crippen LogP contribution in [0.5, 0.6) is 0 Å². The molecule has 1 atom stereocenters. The van der Waals surface area contributed by atoms with E-state index in [1.807, 2.05) is 25.1 Å². The zero-order valence-electron chi connectivity index (χ0n) is 16.0. The van der Waals surface area contributed by atoms with Gasteiger partial charge in [-0.25, -0.2) is 4.79 Å². The lowest BCUT2D eigenvalue weighted by atomic mass is 10.0. The lowest BCUT2D eigenvalue weighted by molar-refractivity contribution is 0.132. The van der Waals surface area contributed by atoms with Gasteiger partial charge in [0, 0.05) is 44.4 Å². The summed E-state index contributed by atoms with van der Waals surface area (Å²) >= 11 is 0. The van der Waals surface area contributed by atoms with Gasteiger partial charge in [0.15, 0.2) is 5.82 Å². The number of piperidine rings is 1. The number of ether oxygens (including phenoxy) is 1. The van der Waals surface area contributed by atoms with Crippen molar-refractivity contribution >= 4 is 6.03 Å². The Morgan fingerprint density at radius 2 is 2.22 bits per heavy atom. The number of hydrogen-bond acceptors (Lipinski definition) is 6. The summed E-state index contributed by atoms with van der Waals surface area (Å²) < 4.78 is 10.5. The number of rotatable bonds is 7. The Labute approximate surface area is 159 Å². The predicted octanol–water partition coefficient (Wildman–Crippen LogP) is 2.44. The summed E-state index contributed by atoms with van der Waals surface area (Å²) in [6.07, 6.45) is 4.15. The number of hydrogen-bond donors (Lipinski definition) is 1. The quantitative estimate of drug-likeness (QED) is 0.801. The van der Waals surface area contributed by atoms with E-state index in [4.69, 9.17) is 9.26 Å². The van der Waals surface area contributed by atoms with Gasteiger partial charge in [-0.1, -0.05) is 11.2 Å². The number of aromatic nitrogens is 3. The second-order valence-corrected chi connectivity index (χ2v) is 6.75. The van der Waals surface area contributed by atoms with Crippen LogP contribution in [-0.2, 0) is 17.6 Å². The van der Waals surface area contributed by atoms with Gasteiger partial charge in [-0.3, -0.25) is 4.98 Å². The second-order valence-electron chi connectivity index (χ2n) is 6.75. The molecular weight excluding hydrogens is 346 g/mol. The van der Waals surface area contributed by atoms with Crippen molar-refractivity contribution in [3.63, 3.8) is 0 Å². The molecule has 0 aliphatic carbocycles. The van der Waals surface area contributed by atoms with E-state index >= 15 is 0 Å². The van der Waals surface area contributed by atoms with Gasteiger partial charge in [-0.2, -0.15) is 4.98 Å². The van der Waals surface area contributed by atoms with Crippen LogP contribution in [0.25, 0.3) is 0 Å². The average molecular weight is 373 g/mol. The van der Waals surface area contributed by atoms with Gasteiger partial charge in [0.1, 0.15) is 6.04 Å². The maximum atomic E-state index is 12.7. The fourth-order valence-corrected chi connectivity index (χ4v) is 3.27. The topological polar surface area (TPSA) is 93.4 Å². The highest BCUT2D eigenvalue weighted by Gasteiger charge is 2.32. The Balaban J connectivity index is 1.57. The third-order valence-corrected chi connectivity index (χ3v) is 4.67. The Bertz CT molecular complexity index is 748. The fraction of sp³-hybridized carbons (Fsp3) is 0.579. The average Bonchev–Trinajstić information content (AvgIpc) is 3.15. The zero-order valence-corrected chi connectivity index (χ0v) is 16.0. The van der Waals surface area contributed by atoms with Crippen molar-refractivity contribution in [1.29, 1.82) is 0 Å². The van der Waals surface area contributed by atoms with Crippen LogP contribution >= 0.6 is 0 Å². The van der Waals surface area contributed by atoms with Crippen molar-refractivity contribution in [3.05, 3.63) is 41.3 Å². The number of urea groups is 1. The molecule has 0 unspecified atom stereocenters. The molecular formula is C19H27N5O3. The van der Waals surface area contributed by atoms with Crippen LogP contribution in [0.1, 0.15) is 48.4 Å². The summed E-state index contributed by atoms with van der Waals surface area (Å²) in [7, 11) is 1.64. The minimum absolute atomic E-state index is 0.0935. The van der Waals surface area contributed by atoms with Gasteiger partial charge in [0.25, 0.3) is 0 Å². The monoisotopic (exact) mass is 373 g/mol. The lowest BCUT2D eigenvalue weighted by Crippen LogP contribution is -2.45. The van der Waals surface area contributed by atoms with Gasteiger partial charge < -0.3 is 19.5 Å². The molecule has 1 saturated heterocycles. The first kappa shape index (κ1) is 19.3. The molecule has 0 radical (unpaired) electrons. The molecule has 2 aromatic rings.